The average Bonchev–Trinajstić information content (AvgIpc) is 2.15. The second-order valence-corrected chi connectivity index (χ2v) is 2.41. The Kier molecular flexibility index (Phi) is 5.64. The van der Waals surface area contributed by atoms with Crippen molar-refractivity contribution >= 4 is 18.2 Å². The molecular formula is C10H13ClN2. The van der Waals surface area contributed by atoms with Crippen molar-refractivity contribution in [1.29, 1.82) is 5.41 Å². The smallest absolute Gasteiger partial charge is 0.125 e. The quantitative estimate of drug-likeness (QED) is 0.434. The van der Waals surface area contributed by atoms with E-state index in [2.05, 4.69) is 11.9 Å². The highest BCUT2D eigenvalue weighted by Gasteiger charge is 1.95. The standard InChI is InChI=1S/C10H12N2.ClH/c1-2-8-12-10(11)9-6-4-3-5-7-9;/h2-7H,1,8H2,(H2,11,12);1H. The molecule has 0 amide bonds. The summed E-state index contributed by atoms with van der Waals surface area (Å²) in [6, 6.07) is 9.57. The van der Waals surface area contributed by atoms with E-state index in [4.69, 9.17) is 5.41 Å². The summed E-state index contributed by atoms with van der Waals surface area (Å²) in [5.74, 6) is 0.440. The molecule has 0 unspecified atom stereocenters. The highest BCUT2D eigenvalue weighted by molar-refractivity contribution is 5.96. The maximum absolute atomic E-state index is 7.57. The van der Waals surface area contributed by atoms with Gasteiger partial charge in [-0.3, -0.25) is 5.41 Å². The predicted octanol–water partition coefficient (Wildman–Crippen LogP) is 2.21. The van der Waals surface area contributed by atoms with Crippen molar-refractivity contribution in [1.82, 2.24) is 5.32 Å². The molecule has 13 heavy (non-hydrogen) atoms. The highest BCUT2D eigenvalue weighted by Crippen LogP contribution is 1.96. The summed E-state index contributed by atoms with van der Waals surface area (Å²) in [6.07, 6.45) is 1.73. The molecule has 0 aliphatic carbocycles. The lowest BCUT2D eigenvalue weighted by atomic mass is 10.2. The third-order valence-corrected chi connectivity index (χ3v) is 1.49. The SMILES string of the molecule is C=CCNC(=N)c1ccccc1.Cl. The van der Waals surface area contributed by atoms with Gasteiger partial charge in [-0.05, 0) is 0 Å². The zero-order chi connectivity index (χ0) is 8.81. The van der Waals surface area contributed by atoms with Gasteiger partial charge in [0, 0.05) is 12.1 Å². The first-order valence-electron chi connectivity index (χ1n) is 3.83. The van der Waals surface area contributed by atoms with E-state index >= 15 is 0 Å². The van der Waals surface area contributed by atoms with Gasteiger partial charge in [0.05, 0.1) is 0 Å². The summed E-state index contributed by atoms with van der Waals surface area (Å²) in [5.41, 5.74) is 0.902. The molecule has 0 fully saturated rings. The van der Waals surface area contributed by atoms with Crippen molar-refractivity contribution in [2.45, 2.75) is 0 Å². The Morgan fingerprint density at radius 3 is 2.54 bits per heavy atom. The Morgan fingerprint density at radius 2 is 2.00 bits per heavy atom. The molecule has 3 heteroatoms. The Bertz CT molecular complexity index is 270. The minimum Gasteiger partial charge on any atom is -0.367 e. The van der Waals surface area contributed by atoms with Gasteiger partial charge in [0.25, 0.3) is 0 Å². The van der Waals surface area contributed by atoms with Crippen molar-refractivity contribution in [2.75, 3.05) is 6.54 Å². The van der Waals surface area contributed by atoms with Crippen molar-refractivity contribution < 1.29 is 0 Å². The fraction of sp³-hybridized carbons (Fsp3) is 0.100. The van der Waals surface area contributed by atoms with Gasteiger partial charge in [0.15, 0.2) is 0 Å². The second-order valence-electron chi connectivity index (χ2n) is 2.41. The fourth-order valence-corrected chi connectivity index (χ4v) is 0.881. The van der Waals surface area contributed by atoms with Crippen LogP contribution in [0.3, 0.4) is 0 Å². The number of amidine groups is 1. The number of hydrogen-bond donors (Lipinski definition) is 2. The molecule has 0 aliphatic rings. The number of hydrogen-bond acceptors (Lipinski definition) is 1. The topological polar surface area (TPSA) is 35.9 Å². The Morgan fingerprint density at radius 1 is 1.38 bits per heavy atom. The van der Waals surface area contributed by atoms with Crippen molar-refractivity contribution in [2.24, 2.45) is 0 Å². The molecule has 0 saturated heterocycles. The van der Waals surface area contributed by atoms with E-state index < -0.39 is 0 Å². The van der Waals surface area contributed by atoms with Gasteiger partial charge in [0.1, 0.15) is 5.84 Å². The summed E-state index contributed by atoms with van der Waals surface area (Å²) in [4.78, 5) is 0. The van der Waals surface area contributed by atoms with Crippen LogP contribution in [0.15, 0.2) is 43.0 Å². The third kappa shape index (κ3) is 3.76. The van der Waals surface area contributed by atoms with E-state index in [0.29, 0.717) is 12.4 Å². The zero-order valence-corrected chi connectivity index (χ0v) is 8.10. The Hall–Kier alpha value is -1.28. The molecule has 1 aromatic carbocycles. The van der Waals surface area contributed by atoms with E-state index in [9.17, 15) is 0 Å². The maximum atomic E-state index is 7.57. The lowest BCUT2D eigenvalue weighted by molar-refractivity contribution is 1.03. The monoisotopic (exact) mass is 196 g/mol. The van der Waals surface area contributed by atoms with Gasteiger partial charge in [-0.15, -0.1) is 19.0 Å². The van der Waals surface area contributed by atoms with Crippen LogP contribution in [0.2, 0.25) is 0 Å². The van der Waals surface area contributed by atoms with Crippen LogP contribution in [0.5, 0.6) is 0 Å². The maximum Gasteiger partial charge on any atom is 0.125 e. The van der Waals surface area contributed by atoms with E-state index in [1.807, 2.05) is 30.3 Å². The van der Waals surface area contributed by atoms with Gasteiger partial charge in [-0.25, -0.2) is 0 Å². The highest BCUT2D eigenvalue weighted by atomic mass is 35.5. The molecule has 0 radical (unpaired) electrons. The van der Waals surface area contributed by atoms with Gasteiger partial charge in [-0.1, -0.05) is 36.4 Å². The summed E-state index contributed by atoms with van der Waals surface area (Å²) in [6.45, 7) is 4.20. The van der Waals surface area contributed by atoms with Crippen molar-refractivity contribution in [3.05, 3.63) is 48.6 Å². The van der Waals surface area contributed by atoms with Crippen LogP contribution in [0.25, 0.3) is 0 Å². The van der Waals surface area contributed by atoms with Gasteiger partial charge in [0.2, 0.25) is 0 Å². The normalized spacial score (nSPS) is 8.31. The Balaban J connectivity index is 0.00000144. The third-order valence-electron chi connectivity index (χ3n) is 1.49. The van der Waals surface area contributed by atoms with Crippen molar-refractivity contribution in [3.63, 3.8) is 0 Å². The minimum atomic E-state index is 0. The molecule has 70 valence electrons. The zero-order valence-electron chi connectivity index (χ0n) is 7.29. The average molecular weight is 197 g/mol. The molecule has 1 aromatic rings. The first-order chi connectivity index (χ1) is 5.84. The largest absolute Gasteiger partial charge is 0.367 e. The van der Waals surface area contributed by atoms with Crippen molar-refractivity contribution in [3.8, 4) is 0 Å². The number of nitrogens with one attached hydrogen (secondary N) is 2. The van der Waals surface area contributed by atoms with Crippen LogP contribution in [0.1, 0.15) is 5.56 Å². The van der Waals surface area contributed by atoms with E-state index in [0.717, 1.165) is 5.56 Å². The van der Waals surface area contributed by atoms with Crippen LogP contribution in [0.4, 0.5) is 0 Å². The predicted molar refractivity (Wildman–Crippen MR) is 58.7 cm³/mol. The summed E-state index contributed by atoms with van der Waals surface area (Å²) >= 11 is 0. The van der Waals surface area contributed by atoms with Crippen LogP contribution in [-0.2, 0) is 0 Å². The van der Waals surface area contributed by atoms with Gasteiger partial charge in [-0.2, -0.15) is 0 Å². The minimum absolute atomic E-state index is 0. The van der Waals surface area contributed by atoms with E-state index in [1.165, 1.54) is 0 Å². The molecule has 0 heterocycles. The first kappa shape index (κ1) is 11.7. The van der Waals surface area contributed by atoms with Gasteiger partial charge >= 0.3 is 0 Å². The van der Waals surface area contributed by atoms with Crippen LogP contribution in [0, 0.1) is 5.41 Å². The lowest BCUT2D eigenvalue weighted by Gasteiger charge is -2.04. The molecule has 2 N–H and O–H groups in total. The Labute approximate surface area is 84.6 Å². The fourth-order valence-electron chi connectivity index (χ4n) is 0.881. The summed E-state index contributed by atoms with van der Waals surface area (Å²) < 4.78 is 0. The number of halogens is 1. The molecule has 0 aromatic heterocycles. The van der Waals surface area contributed by atoms with E-state index in [1.54, 1.807) is 6.08 Å². The molecular weight excluding hydrogens is 184 g/mol. The van der Waals surface area contributed by atoms with Crippen LogP contribution >= 0.6 is 12.4 Å². The first-order valence-corrected chi connectivity index (χ1v) is 3.83. The molecule has 0 saturated carbocycles. The van der Waals surface area contributed by atoms with E-state index in [-0.39, 0.29) is 12.4 Å². The molecule has 0 bridgehead atoms. The van der Waals surface area contributed by atoms with Gasteiger partial charge < -0.3 is 5.32 Å². The molecule has 1 rings (SSSR count). The molecule has 2 nitrogen and oxygen atoms in total. The van der Waals surface area contributed by atoms with Crippen LogP contribution < -0.4 is 5.32 Å². The lowest BCUT2D eigenvalue weighted by Crippen LogP contribution is -2.22. The molecule has 0 atom stereocenters. The number of rotatable bonds is 3. The molecule has 0 spiro atoms. The summed E-state index contributed by atoms with van der Waals surface area (Å²) in [5, 5.41) is 10.5. The number of benzene rings is 1. The summed E-state index contributed by atoms with van der Waals surface area (Å²) in [7, 11) is 0. The van der Waals surface area contributed by atoms with Crippen LogP contribution in [-0.4, -0.2) is 12.4 Å². The molecule has 0 aliphatic heterocycles. The second kappa shape index (κ2) is 6.26.